The molecule has 0 saturated heterocycles. The van der Waals surface area contributed by atoms with Gasteiger partial charge in [0, 0.05) is 28.5 Å². The Balaban J connectivity index is 1.80. The van der Waals surface area contributed by atoms with Crippen LogP contribution in [0.5, 0.6) is 5.75 Å². The number of hydrogen-bond donors (Lipinski definition) is 1. The lowest BCUT2D eigenvalue weighted by molar-refractivity contribution is -0.140. The van der Waals surface area contributed by atoms with Gasteiger partial charge in [-0.25, -0.2) is 8.42 Å². The molecule has 242 valence electrons. The van der Waals surface area contributed by atoms with Crippen molar-refractivity contribution in [2.75, 3.05) is 17.5 Å². The summed E-state index contributed by atoms with van der Waals surface area (Å²) in [5, 5.41) is 3.34. The maximum atomic E-state index is 14.5. The second kappa shape index (κ2) is 16.1. The summed E-state index contributed by atoms with van der Waals surface area (Å²) in [7, 11) is -4.25. The molecule has 0 heterocycles. The van der Waals surface area contributed by atoms with Crippen LogP contribution in [0, 0.1) is 0 Å². The van der Waals surface area contributed by atoms with E-state index in [1.165, 1.54) is 29.2 Å². The standard InChI is InChI=1S/C35H37BrClN3O5S/c1-4-45-31-18-16-30(17-19-31)40(46(43,44)32-20-14-29(37)15-21-32)24-34(41)39(23-27-10-12-28(36)13-11-27)33(35(42)38-25(2)3)22-26-8-6-5-7-9-26/h5-21,25,33H,4,22-24H2,1-3H3,(H,38,42)/t33-/m1/s1. The first kappa shape index (κ1) is 35.0. The lowest BCUT2D eigenvalue weighted by atomic mass is 10.0. The molecule has 0 aliphatic carbocycles. The fourth-order valence-electron chi connectivity index (χ4n) is 4.86. The van der Waals surface area contributed by atoms with Crippen LogP contribution in [0.15, 0.2) is 112 Å². The number of rotatable bonds is 14. The monoisotopic (exact) mass is 725 g/mol. The fourth-order valence-corrected chi connectivity index (χ4v) is 6.66. The summed E-state index contributed by atoms with van der Waals surface area (Å²) in [6.45, 7) is 5.51. The van der Waals surface area contributed by atoms with E-state index in [0.717, 1.165) is 19.9 Å². The van der Waals surface area contributed by atoms with Gasteiger partial charge in [-0.3, -0.25) is 13.9 Å². The van der Waals surface area contributed by atoms with Crippen molar-refractivity contribution in [3.63, 3.8) is 0 Å². The van der Waals surface area contributed by atoms with E-state index in [9.17, 15) is 18.0 Å². The number of ether oxygens (including phenoxy) is 1. The molecule has 1 N–H and O–H groups in total. The summed E-state index contributed by atoms with van der Waals surface area (Å²) in [5.41, 5.74) is 1.90. The zero-order valence-corrected chi connectivity index (χ0v) is 29.1. The van der Waals surface area contributed by atoms with E-state index in [1.807, 2.05) is 75.4 Å². The quantitative estimate of drug-likeness (QED) is 0.153. The van der Waals surface area contributed by atoms with E-state index >= 15 is 0 Å². The molecular weight excluding hydrogens is 690 g/mol. The SMILES string of the molecule is CCOc1ccc(N(CC(=O)N(Cc2ccc(Br)cc2)[C@H](Cc2ccccc2)C(=O)NC(C)C)S(=O)(=O)c2ccc(Cl)cc2)cc1. The summed E-state index contributed by atoms with van der Waals surface area (Å²) < 4.78 is 35.8. The molecule has 1 atom stereocenters. The lowest BCUT2D eigenvalue weighted by Crippen LogP contribution is -2.54. The number of nitrogens with one attached hydrogen (secondary N) is 1. The van der Waals surface area contributed by atoms with Crippen LogP contribution < -0.4 is 14.4 Å². The second-order valence-electron chi connectivity index (χ2n) is 10.9. The molecule has 4 aromatic rings. The minimum atomic E-state index is -4.25. The number of amides is 2. The second-order valence-corrected chi connectivity index (χ2v) is 14.1. The molecule has 2 amide bonds. The van der Waals surface area contributed by atoms with Crippen molar-refractivity contribution in [3.05, 3.63) is 124 Å². The van der Waals surface area contributed by atoms with Gasteiger partial charge in [0.25, 0.3) is 10.0 Å². The van der Waals surface area contributed by atoms with Crippen molar-refractivity contribution < 1.29 is 22.7 Å². The number of sulfonamides is 1. The minimum Gasteiger partial charge on any atom is -0.494 e. The molecule has 0 spiro atoms. The molecular formula is C35H37BrClN3O5S. The average Bonchev–Trinajstić information content (AvgIpc) is 3.03. The van der Waals surface area contributed by atoms with Gasteiger partial charge in [-0.1, -0.05) is 70.0 Å². The smallest absolute Gasteiger partial charge is 0.264 e. The molecule has 0 fully saturated rings. The van der Waals surface area contributed by atoms with Crippen molar-refractivity contribution in [3.8, 4) is 5.75 Å². The molecule has 0 radical (unpaired) electrons. The van der Waals surface area contributed by atoms with Crippen LogP contribution in [0.25, 0.3) is 0 Å². The highest BCUT2D eigenvalue weighted by Crippen LogP contribution is 2.28. The summed E-state index contributed by atoms with van der Waals surface area (Å²) in [6, 6.07) is 28.0. The topological polar surface area (TPSA) is 96.0 Å². The largest absolute Gasteiger partial charge is 0.494 e. The Morgan fingerprint density at radius 2 is 1.50 bits per heavy atom. The number of anilines is 1. The lowest BCUT2D eigenvalue weighted by Gasteiger charge is -2.34. The van der Waals surface area contributed by atoms with Gasteiger partial charge in [0.1, 0.15) is 18.3 Å². The summed E-state index contributed by atoms with van der Waals surface area (Å²) in [6.07, 6.45) is 0.231. The van der Waals surface area contributed by atoms with Crippen LogP contribution >= 0.6 is 27.5 Å². The highest BCUT2D eigenvalue weighted by atomic mass is 79.9. The number of hydrogen-bond acceptors (Lipinski definition) is 5. The van der Waals surface area contributed by atoms with E-state index in [-0.39, 0.29) is 35.5 Å². The molecule has 0 saturated carbocycles. The number of carbonyl (C=O) groups is 2. The molecule has 8 nitrogen and oxygen atoms in total. The Hall–Kier alpha value is -3.86. The Morgan fingerprint density at radius 3 is 2.09 bits per heavy atom. The molecule has 0 aliphatic heterocycles. The number of nitrogens with zero attached hydrogens (tertiary/aromatic N) is 2. The first-order valence-corrected chi connectivity index (χ1v) is 17.5. The van der Waals surface area contributed by atoms with E-state index in [1.54, 1.807) is 24.3 Å². The molecule has 0 unspecified atom stereocenters. The first-order valence-electron chi connectivity index (χ1n) is 14.9. The average molecular weight is 727 g/mol. The first-order chi connectivity index (χ1) is 22.0. The molecule has 4 aromatic carbocycles. The van der Waals surface area contributed by atoms with E-state index in [4.69, 9.17) is 16.3 Å². The predicted octanol–water partition coefficient (Wildman–Crippen LogP) is 6.86. The fraction of sp³-hybridized carbons (Fsp3) is 0.257. The molecule has 0 aromatic heterocycles. The Bertz CT molecular complexity index is 1700. The van der Waals surface area contributed by atoms with Crippen LogP contribution in [0.1, 0.15) is 31.9 Å². The molecule has 4 rings (SSSR count). The molecule has 46 heavy (non-hydrogen) atoms. The number of carbonyl (C=O) groups excluding carboxylic acids is 2. The van der Waals surface area contributed by atoms with Crippen molar-refractivity contribution >= 4 is 55.1 Å². The van der Waals surface area contributed by atoms with Gasteiger partial charge >= 0.3 is 0 Å². The molecule has 0 bridgehead atoms. The van der Waals surface area contributed by atoms with Crippen molar-refractivity contribution in [1.29, 1.82) is 0 Å². The summed E-state index contributed by atoms with van der Waals surface area (Å²) in [4.78, 5) is 29.7. The third-order valence-electron chi connectivity index (χ3n) is 7.08. The Labute approximate surface area is 284 Å². The van der Waals surface area contributed by atoms with E-state index < -0.39 is 28.5 Å². The predicted molar refractivity (Wildman–Crippen MR) is 185 cm³/mol. The van der Waals surface area contributed by atoms with Gasteiger partial charge < -0.3 is 15.0 Å². The van der Waals surface area contributed by atoms with Gasteiger partial charge in [-0.05, 0) is 92.6 Å². The number of halogens is 2. The van der Waals surface area contributed by atoms with Gasteiger partial charge in [-0.2, -0.15) is 0 Å². The highest BCUT2D eigenvalue weighted by Gasteiger charge is 2.35. The minimum absolute atomic E-state index is 0.0311. The third-order valence-corrected chi connectivity index (χ3v) is 9.65. The molecule has 11 heteroatoms. The van der Waals surface area contributed by atoms with Crippen LogP contribution in [-0.2, 0) is 32.6 Å². The van der Waals surface area contributed by atoms with Gasteiger partial charge in [-0.15, -0.1) is 0 Å². The van der Waals surface area contributed by atoms with Crippen LogP contribution in [-0.4, -0.2) is 50.4 Å². The third kappa shape index (κ3) is 9.34. The van der Waals surface area contributed by atoms with Crippen LogP contribution in [0.4, 0.5) is 5.69 Å². The Morgan fingerprint density at radius 1 is 0.870 bits per heavy atom. The van der Waals surface area contributed by atoms with Crippen LogP contribution in [0.3, 0.4) is 0 Å². The summed E-state index contributed by atoms with van der Waals surface area (Å²) in [5.74, 6) is -0.321. The van der Waals surface area contributed by atoms with Gasteiger partial charge in [0.15, 0.2) is 0 Å². The highest BCUT2D eigenvalue weighted by molar-refractivity contribution is 9.10. The molecule has 0 aliphatic rings. The Kier molecular flexibility index (Phi) is 12.3. The maximum absolute atomic E-state index is 14.5. The maximum Gasteiger partial charge on any atom is 0.264 e. The van der Waals surface area contributed by atoms with Crippen molar-refractivity contribution in [2.24, 2.45) is 0 Å². The normalized spacial score (nSPS) is 12.0. The summed E-state index contributed by atoms with van der Waals surface area (Å²) >= 11 is 9.51. The van der Waals surface area contributed by atoms with Gasteiger partial charge in [0.05, 0.1) is 17.2 Å². The zero-order chi connectivity index (χ0) is 33.3. The van der Waals surface area contributed by atoms with Gasteiger partial charge in [0.2, 0.25) is 11.8 Å². The number of benzene rings is 4. The van der Waals surface area contributed by atoms with Crippen molar-refractivity contribution in [1.82, 2.24) is 10.2 Å². The van der Waals surface area contributed by atoms with E-state index in [2.05, 4.69) is 21.2 Å². The van der Waals surface area contributed by atoms with Crippen molar-refractivity contribution in [2.45, 2.75) is 50.7 Å². The van der Waals surface area contributed by atoms with Crippen LogP contribution in [0.2, 0.25) is 5.02 Å². The van der Waals surface area contributed by atoms with E-state index in [0.29, 0.717) is 17.4 Å². The zero-order valence-electron chi connectivity index (χ0n) is 25.9.